The van der Waals surface area contributed by atoms with Crippen molar-refractivity contribution in [3.63, 3.8) is 0 Å². The van der Waals surface area contributed by atoms with Gasteiger partial charge in [0.05, 0.1) is 17.3 Å². The van der Waals surface area contributed by atoms with Gasteiger partial charge in [-0.25, -0.2) is 9.97 Å². The van der Waals surface area contributed by atoms with Crippen molar-refractivity contribution in [1.82, 2.24) is 20.6 Å². The van der Waals surface area contributed by atoms with Crippen LogP contribution in [0.15, 0.2) is 53.0 Å². The number of nitrogens with one attached hydrogen (secondary N) is 2. The summed E-state index contributed by atoms with van der Waals surface area (Å²) in [4.78, 5) is 13.2. The Balaban J connectivity index is 0.00000363. The molecule has 0 saturated heterocycles. The molecule has 0 saturated carbocycles. The van der Waals surface area contributed by atoms with Crippen LogP contribution in [0.5, 0.6) is 17.4 Å². The van der Waals surface area contributed by atoms with Gasteiger partial charge in [-0.1, -0.05) is 13.0 Å². The first-order valence-corrected chi connectivity index (χ1v) is 11.3. The molecule has 2 N–H and O–H groups in total. The summed E-state index contributed by atoms with van der Waals surface area (Å²) < 4.78 is 11.6. The molecule has 0 spiro atoms. The van der Waals surface area contributed by atoms with E-state index in [1.165, 1.54) is 0 Å². The Bertz CT molecular complexity index is 979. The van der Waals surface area contributed by atoms with E-state index in [1.54, 1.807) is 24.6 Å². The average Bonchev–Trinajstić information content (AvgIpc) is 3.21. The first kappa shape index (κ1) is 25.9. The van der Waals surface area contributed by atoms with Crippen LogP contribution < -0.4 is 20.1 Å². The SMILES string of the molecule is CCCOc1ccc(Oc2ncccc2CNC(=NC)NCCc2csc(C)n2)cc1.I. The molecule has 172 valence electrons. The molecule has 0 fully saturated rings. The number of thiazole rings is 1. The lowest BCUT2D eigenvalue weighted by Gasteiger charge is -2.14. The molecule has 2 aromatic heterocycles. The standard InChI is InChI=1S/C23H29N5O2S.HI/c1-4-14-29-20-7-9-21(10-8-20)30-22-18(6-5-12-25-22)15-27-23(24-3)26-13-11-19-16-31-17(2)28-19;/h5-10,12,16H,4,11,13-15H2,1-3H3,(H2,24,26,27);1H. The van der Waals surface area contributed by atoms with E-state index in [0.29, 0.717) is 24.8 Å². The predicted octanol–water partition coefficient (Wildman–Crippen LogP) is 4.95. The Morgan fingerprint density at radius 1 is 1.12 bits per heavy atom. The van der Waals surface area contributed by atoms with Crippen molar-refractivity contribution in [2.24, 2.45) is 4.99 Å². The van der Waals surface area contributed by atoms with Crippen molar-refractivity contribution in [3.8, 4) is 17.4 Å². The number of halogens is 1. The van der Waals surface area contributed by atoms with Crippen LogP contribution in [0.1, 0.15) is 29.6 Å². The summed E-state index contributed by atoms with van der Waals surface area (Å²) in [7, 11) is 1.76. The van der Waals surface area contributed by atoms with E-state index >= 15 is 0 Å². The minimum absolute atomic E-state index is 0. The van der Waals surface area contributed by atoms with Crippen LogP contribution in [0.4, 0.5) is 0 Å². The minimum atomic E-state index is 0. The third-order valence-electron chi connectivity index (χ3n) is 4.37. The third kappa shape index (κ3) is 8.27. The molecule has 32 heavy (non-hydrogen) atoms. The van der Waals surface area contributed by atoms with Crippen molar-refractivity contribution in [2.75, 3.05) is 20.2 Å². The van der Waals surface area contributed by atoms with Gasteiger partial charge < -0.3 is 20.1 Å². The van der Waals surface area contributed by atoms with Crippen molar-refractivity contribution in [2.45, 2.75) is 33.2 Å². The maximum atomic E-state index is 6.00. The molecule has 0 atom stereocenters. The number of aryl methyl sites for hydroxylation is 1. The smallest absolute Gasteiger partial charge is 0.224 e. The highest BCUT2D eigenvalue weighted by Crippen LogP contribution is 2.25. The molecular formula is C23H30IN5O2S. The largest absolute Gasteiger partial charge is 0.494 e. The molecule has 9 heteroatoms. The van der Waals surface area contributed by atoms with E-state index < -0.39 is 0 Å². The minimum Gasteiger partial charge on any atom is -0.494 e. The monoisotopic (exact) mass is 567 g/mol. The molecule has 0 amide bonds. The Morgan fingerprint density at radius 3 is 2.59 bits per heavy atom. The van der Waals surface area contributed by atoms with Crippen LogP contribution in [0.2, 0.25) is 0 Å². The van der Waals surface area contributed by atoms with Gasteiger partial charge in [0.15, 0.2) is 5.96 Å². The van der Waals surface area contributed by atoms with E-state index in [2.05, 4.69) is 37.9 Å². The maximum Gasteiger partial charge on any atom is 0.224 e. The first-order valence-electron chi connectivity index (χ1n) is 10.4. The van der Waals surface area contributed by atoms with Gasteiger partial charge in [-0.2, -0.15) is 0 Å². The number of nitrogens with zero attached hydrogens (tertiary/aromatic N) is 3. The molecule has 1 aromatic carbocycles. The Morgan fingerprint density at radius 2 is 1.91 bits per heavy atom. The second-order valence-electron chi connectivity index (χ2n) is 6.85. The summed E-state index contributed by atoms with van der Waals surface area (Å²) in [6.07, 6.45) is 3.55. The van der Waals surface area contributed by atoms with Crippen LogP contribution in [0.25, 0.3) is 0 Å². The lowest BCUT2D eigenvalue weighted by molar-refractivity contribution is 0.317. The summed E-state index contributed by atoms with van der Waals surface area (Å²) in [6, 6.07) is 11.5. The van der Waals surface area contributed by atoms with E-state index in [9.17, 15) is 0 Å². The van der Waals surface area contributed by atoms with Crippen molar-refractivity contribution >= 4 is 41.3 Å². The van der Waals surface area contributed by atoms with Crippen LogP contribution in [-0.4, -0.2) is 36.1 Å². The number of guanidine groups is 1. The molecule has 7 nitrogen and oxygen atoms in total. The zero-order valence-electron chi connectivity index (χ0n) is 18.6. The van der Waals surface area contributed by atoms with Crippen LogP contribution >= 0.6 is 35.3 Å². The van der Waals surface area contributed by atoms with Gasteiger partial charge in [0.2, 0.25) is 5.88 Å². The van der Waals surface area contributed by atoms with Gasteiger partial charge in [-0.15, -0.1) is 35.3 Å². The fourth-order valence-corrected chi connectivity index (χ4v) is 3.46. The highest BCUT2D eigenvalue weighted by molar-refractivity contribution is 14.0. The summed E-state index contributed by atoms with van der Waals surface area (Å²) >= 11 is 1.67. The first-order chi connectivity index (χ1) is 15.2. The Kier molecular flexibility index (Phi) is 11.2. The third-order valence-corrected chi connectivity index (χ3v) is 5.19. The topological polar surface area (TPSA) is 80.7 Å². The lowest BCUT2D eigenvalue weighted by atomic mass is 10.2. The zero-order valence-corrected chi connectivity index (χ0v) is 21.8. The van der Waals surface area contributed by atoms with Gasteiger partial charge in [0.1, 0.15) is 11.5 Å². The summed E-state index contributed by atoms with van der Waals surface area (Å²) in [6.45, 7) is 6.10. The highest BCUT2D eigenvalue weighted by Gasteiger charge is 2.08. The number of aromatic nitrogens is 2. The predicted molar refractivity (Wildman–Crippen MR) is 141 cm³/mol. The molecule has 0 radical (unpaired) electrons. The van der Waals surface area contributed by atoms with Crippen LogP contribution in [0.3, 0.4) is 0 Å². The number of benzene rings is 1. The summed E-state index contributed by atoms with van der Waals surface area (Å²) in [5.74, 6) is 2.83. The van der Waals surface area contributed by atoms with Gasteiger partial charge in [-0.05, 0) is 43.7 Å². The molecule has 0 unspecified atom stereocenters. The number of hydrogen-bond acceptors (Lipinski definition) is 6. The summed E-state index contributed by atoms with van der Waals surface area (Å²) in [5, 5.41) is 9.81. The summed E-state index contributed by atoms with van der Waals surface area (Å²) in [5.41, 5.74) is 2.03. The zero-order chi connectivity index (χ0) is 21.9. The van der Waals surface area contributed by atoms with E-state index in [-0.39, 0.29) is 24.0 Å². The van der Waals surface area contributed by atoms with Crippen LogP contribution in [-0.2, 0) is 13.0 Å². The van der Waals surface area contributed by atoms with Crippen LogP contribution in [0, 0.1) is 6.92 Å². The van der Waals surface area contributed by atoms with E-state index in [0.717, 1.165) is 47.4 Å². The fourth-order valence-electron chi connectivity index (χ4n) is 2.82. The molecule has 0 bridgehead atoms. The van der Waals surface area contributed by atoms with Crippen molar-refractivity contribution in [1.29, 1.82) is 0 Å². The number of ether oxygens (including phenoxy) is 2. The fraction of sp³-hybridized carbons (Fsp3) is 0.348. The van der Waals surface area contributed by atoms with E-state index in [1.807, 2.05) is 43.3 Å². The number of hydrogen-bond donors (Lipinski definition) is 2. The van der Waals surface area contributed by atoms with Gasteiger partial charge in [0, 0.05) is 43.7 Å². The molecule has 0 aliphatic heterocycles. The molecule has 3 rings (SSSR count). The van der Waals surface area contributed by atoms with E-state index in [4.69, 9.17) is 9.47 Å². The molecule has 0 aliphatic carbocycles. The van der Waals surface area contributed by atoms with Gasteiger partial charge in [0.25, 0.3) is 0 Å². The van der Waals surface area contributed by atoms with Crippen molar-refractivity contribution < 1.29 is 9.47 Å². The normalized spacial score (nSPS) is 10.9. The lowest BCUT2D eigenvalue weighted by Crippen LogP contribution is -2.38. The quantitative estimate of drug-likeness (QED) is 0.205. The van der Waals surface area contributed by atoms with Crippen molar-refractivity contribution in [3.05, 3.63) is 64.2 Å². The highest BCUT2D eigenvalue weighted by atomic mass is 127. The number of aliphatic imine (C=N–C) groups is 1. The molecule has 2 heterocycles. The van der Waals surface area contributed by atoms with Gasteiger partial charge in [-0.3, -0.25) is 4.99 Å². The van der Waals surface area contributed by atoms with Gasteiger partial charge >= 0.3 is 0 Å². The second kappa shape index (κ2) is 13.9. The Labute approximate surface area is 210 Å². The Hall–Kier alpha value is -2.40. The maximum absolute atomic E-state index is 6.00. The number of pyridine rings is 1. The molecule has 0 aliphatic rings. The molecule has 3 aromatic rings. The number of rotatable bonds is 10. The average molecular weight is 567 g/mol. The second-order valence-corrected chi connectivity index (χ2v) is 7.91. The molecular weight excluding hydrogens is 537 g/mol.